The molecule has 2 aromatic carbocycles. The van der Waals surface area contributed by atoms with Crippen molar-refractivity contribution in [2.24, 2.45) is 4.99 Å². The second-order valence-corrected chi connectivity index (χ2v) is 5.40. The Labute approximate surface area is 143 Å². The van der Waals surface area contributed by atoms with Gasteiger partial charge >= 0.3 is 0 Å². The number of fused-ring (bicyclic) bond motifs is 2. The van der Waals surface area contributed by atoms with Crippen molar-refractivity contribution in [1.82, 2.24) is 10.5 Å². The molecule has 4 rings (SSSR count). The van der Waals surface area contributed by atoms with E-state index in [-0.39, 0.29) is 0 Å². The fourth-order valence-corrected chi connectivity index (χ4v) is 2.65. The van der Waals surface area contributed by atoms with E-state index < -0.39 is 5.91 Å². The van der Waals surface area contributed by atoms with Crippen LogP contribution < -0.4 is 10.2 Å². The highest BCUT2D eigenvalue weighted by Crippen LogP contribution is 2.36. The summed E-state index contributed by atoms with van der Waals surface area (Å²) in [5.41, 5.74) is 4.98. The van der Waals surface area contributed by atoms with Gasteiger partial charge in [0.05, 0.1) is 5.71 Å². The molecule has 6 nitrogen and oxygen atoms in total. The molecule has 0 bridgehead atoms. The average Bonchev–Trinajstić information content (AvgIpc) is 2.84. The van der Waals surface area contributed by atoms with Gasteiger partial charge in [-0.3, -0.25) is 10.0 Å². The highest BCUT2D eigenvalue weighted by Gasteiger charge is 2.20. The van der Waals surface area contributed by atoms with Crippen LogP contribution in [0.15, 0.2) is 71.9 Å². The molecule has 25 heavy (non-hydrogen) atoms. The Hall–Kier alpha value is -3.51. The molecular formula is C19H13N3O3. The zero-order valence-electron chi connectivity index (χ0n) is 13.0. The van der Waals surface area contributed by atoms with Crippen molar-refractivity contribution in [3.63, 3.8) is 0 Å². The number of hydrogen-bond acceptors (Lipinski definition) is 5. The van der Waals surface area contributed by atoms with E-state index in [2.05, 4.69) is 4.98 Å². The minimum atomic E-state index is -0.562. The monoisotopic (exact) mass is 331 g/mol. The van der Waals surface area contributed by atoms with Crippen molar-refractivity contribution in [3.8, 4) is 11.6 Å². The summed E-state index contributed by atoms with van der Waals surface area (Å²) in [6.07, 6.45) is 1.66. The van der Waals surface area contributed by atoms with E-state index in [1.807, 2.05) is 30.3 Å². The predicted molar refractivity (Wildman–Crippen MR) is 91.7 cm³/mol. The number of hydroxylamine groups is 1. The smallest absolute Gasteiger partial charge is 0.274 e. The molecular weight excluding hydrogens is 318 g/mol. The molecule has 1 aliphatic heterocycles. The van der Waals surface area contributed by atoms with Crippen molar-refractivity contribution in [2.45, 2.75) is 0 Å². The lowest BCUT2D eigenvalue weighted by Crippen LogP contribution is -2.18. The summed E-state index contributed by atoms with van der Waals surface area (Å²) < 4.78 is 5.91. The topological polar surface area (TPSA) is 83.8 Å². The molecule has 0 fully saturated rings. The third kappa shape index (κ3) is 2.75. The fourth-order valence-electron chi connectivity index (χ4n) is 2.65. The summed E-state index contributed by atoms with van der Waals surface area (Å²) in [5, 5.41) is 8.74. The number of carbonyl (C=O) groups excluding carboxylic acids is 1. The molecule has 0 saturated carbocycles. The number of rotatable bonds is 2. The van der Waals surface area contributed by atoms with Gasteiger partial charge in [-0.15, -0.1) is 0 Å². The number of nitrogens with one attached hydrogen (secondary N) is 1. The standard InChI is InChI=1S/C19H13N3O3/c23-18(22-24)13-9-7-12(8-10-13)17-14-4-1-2-6-16(14)25-19-15(21-17)5-3-11-20-19/h1-11,24H,(H,22,23). The number of nitrogens with zero attached hydrogens (tertiary/aromatic N) is 2. The van der Waals surface area contributed by atoms with Crippen molar-refractivity contribution in [3.05, 3.63) is 83.6 Å². The van der Waals surface area contributed by atoms with Gasteiger partial charge in [0.25, 0.3) is 5.91 Å². The van der Waals surface area contributed by atoms with E-state index in [0.29, 0.717) is 22.9 Å². The third-order valence-electron chi connectivity index (χ3n) is 3.85. The number of para-hydroxylation sites is 1. The van der Waals surface area contributed by atoms with Crippen LogP contribution in [0.2, 0.25) is 0 Å². The minimum absolute atomic E-state index is 0.354. The van der Waals surface area contributed by atoms with Crippen LogP contribution in [-0.4, -0.2) is 21.8 Å². The van der Waals surface area contributed by atoms with Crippen LogP contribution in [0.3, 0.4) is 0 Å². The Morgan fingerprint density at radius 1 is 1.00 bits per heavy atom. The molecule has 122 valence electrons. The fraction of sp³-hybridized carbons (Fsp3) is 0. The molecule has 0 radical (unpaired) electrons. The first-order valence-corrected chi connectivity index (χ1v) is 7.62. The summed E-state index contributed by atoms with van der Waals surface area (Å²) >= 11 is 0. The first kappa shape index (κ1) is 15.0. The van der Waals surface area contributed by atoms with Crippen LogP contribution in [0.4, 0.5) is 5.69 Å². The molecule has 6 heteroatoms. The molecule has 1 aromatic heterocycles. The van der Waals surface area contributed by atoms with Gasteiger partial charge in [-0.05, 0) is 36.4 Å². The SMILES string of the molecule is O=C(NO)c1ccc(C2=Nc3cccnc3Oc3ccccc32)cc1. The molecule has 0 saturated heterocycles. The summed E-state index contributed by atoms with van der Waals surface area (Å²) in [6, 6.07) is 18.0. The van der Waals surface area contributed by atoms with Crippen LogP contribution in [0, 0.1) is 0 Å². The Balaban J connectivity index is 1.87. The molecule has 3 aromatic rings. The van der Waals surface area contributed by atoms with Gasteiger partial charge in [-0.2, -0.15) is 0 Å². The van der Waals surface area contributed by atoms with Crippen molar-refractivity contribution >= 4 is 17.3 Å². The molecule has 0 aliphatic carbocycles. The highest BCUT2D eigenvalue weighted by atomic mass is 16.5. The van der Waals surface area contributed by atoms with Gasteiger partial charge in [0.15, 0.2) is 0 Å². The molecule has 0 atom stereocenters. The number of hydrogen-bond donors (Lipinski definition) is 2. The number of pyridine rings is 1. The molecule has 2 N–H and O–H groups in total. The molecule has 1 amide bonds. The van der Waals surface area contributed by atoms with Crippen LogP contribution >= 0.6 is 0 Å². The van der Waals surface area contributed by atoms with E-state index in [9.17, 15) is 4.79 Å². The molecule has 2 heterocycles. The number of aliphatic imine (C=N–C) groups is 1. The maximum Gasteiger partial charge on any atom is 0.274 e. The zero-order valence-corrected chi connectivity index (χ0v) is 13.0. The van der Waals surface area contributed by atoms with Crippen molar-refractivity contribution < 1.29 is 14.7 Å². The van der Waals surface area contributed by atoms with Crippen LogP contribution in [0.5, 0.6) is 11.6 Å². The maximum atomic E-state index is 11.5. The number of carbonyl (C=O) groups is 1. The average molecular weight is 331 g/mol. The predicted octanol–water partition coefficient (Wildman–Crippen LogP) is 3.48. The van der Waals surface area contributed by atoms with Gasteiger partial charge in [-0.1, -0.05) is 24.3 Å². The van der Waals surface area contributed by atoms with Crippen LogP contribution in [0.1, 0.15) is 21.5 Å². The summed E-state index contributed by atoms with van der Waals surface area (Å²) in [5.74, 6) is 0.546. The number of ether oxygens (including phenoxy) is 1. The Morgan fingerprint density at radius 2 is 1.80 bits per heavy atom. The van der Waals surface area contributed by atoms with Gasteiger partial charge in [0.2, 0.25) is 5.88 Å². The second-order valence-electron chi connectivity index (χ2n) is 5.40. The lowest BCUT2D eigenvalue weighted by Gasteiger charge is -2.09. The Morgan fingerprint density at radius 3 is 2.60 bits per heavy atom. The van der Waals surface area contributed by atoms with E-state index in [0.717, 1.165) is 16.8 Å². The lowest BCUT2D eigenvalue weighted by molar-refractivity contribution is 0.0706. The van der Waals surface area contributed by atoms with Gasteiger partial charge in [-0.25, -0.2) is 15.5 Å². The van der Waals surface area contributed by atoms with Crippen molar-refractivity contribution in [1.29, 1.82) is 0 Å². The zero-order chi connectivity index (χ0) is 17.2. The van der Waals surface area contributed by atoms with E-state index in [1.165, 1.54) is 0 Å². The summed E-state index contributed by atoms with van der Waals surface area (Å²) in [7, 11) is 0. The Kier molecular flexibility index (Phi) is 3.72. The molecule has 0 unspecified atom stereocenters. The normalized spacial score (nSPS) is 12.1. The molecule has 1 aliphatic rings. The quantitative estimate of drug-likeness (QED) is 0.435. The highest BCUT2D eigenvalue weighted by molar-refractivity contribution is 6.16. The first-order chi connectivity index (χ1) is 12.3. The van der Waals surface area contributed by atoms with Gasteiger partial charge in [0, 0.05) is 22.9 Å². The summed E-state index contributed by atoms with van der Waals surface area (Å²) in [6.45, 7) is 0. The Bertz CT molecular complexity index is 981. The van der Waals surface area contributed by atoms with E-state index in [4.69, 9.17) is 14.9 Å². The van der Waals surface area contributed by atoms with Crippen LogP contribution in [0.25, 0.3) is 0 Å². The largest absolute Gasteiger partial charge is 0.436 e. The number of amides is 1. The van der Waals surface area contributed by atoms with E-state index in [1.54, 1.807) is 42.0 Å². The second kappa shape index (κ2) is 6.18. The van der Waals surface area contributed by atoms with E-state index >= 15 is 0 Å². The van der Waals surface area contributed by atoms with Crippen molar-refractivity contribution in [2.75, 3.05) is 0 Å². The third-order valence-corrected chi connectivity index (χ3v) is 3.85. The molecule has 0 spiro atoms. The maximum absolute atomic E-state index is 11.5. The number of aromatic nitrogens is 1. The minimum Gasteiger partial charge on any atom is -0.436 e. The first-order valence-electron chi connectivity index (χ1n) is 7.62. The van der Waals surface area contributed by atoms with Gasteiger partial charge < -0.3 is 4.74 Å². The number of benzene rings is 2. The lowest BCUT2D eigenvalue weighted by atomic mass is 10.00. The van der Waals surface area contributed by atoms with Crippen LogP contribution in [-0.2, 0) is 0 Å². The summed E-state index contributed by atoms with van der Waals surface area (Å²) in [4.78, 5) is 20.5. The van der Waals surface area contributed by atoms with Gasteiger partial charge in [0.1, 0.15) is 11.4 Å².